The van der Waals surface area contributed by atoms with Crippen LogP contribution >= 0.6 is 23.1 Å². The summed E-state index contributed by atoms with van der Waals surface area (Å²) in [7, 11) is 0. The van der Waals surface area contributed by atoms with Gasteiger partial charge in [-0.25, -0.2) is 4.79 Å². The molecule has 1 aliphatic carbocycles. The van der Waals surface area contributed by atoms with Crippen molar-refractivity contribution in [1.82, 2.24) is 4.57 Å². The third-order valence-electron chi connectivity index (χ3n) is 5.40. The molecule has 0 spiro atoms. The van der Waals surface area contributed by atoms with Crippen molar-refractivity contribution in [2.24, 2.45) is 0 Å². The van der Waals surface area contributed by atoms with Gasteiger partial charge in [-0.2, -0.15) is 0 Å². The van der Waals surface area contributed by atoms with E-state index in [2.05, 4.69) is 35.1 Å². The SMILES string of the molecule is CCOC(=O)c1c(NC(=O)[C@@H](C)Sc2cn(CC)c3ccccc23)sc2c1CCC2. The van der Waals surface area contributed by atoms with E-state index in [0.717, 1.165) is 41.7 Å². The van der Waals surface area contributed by atoms with E-state index in [1.165, 1.54) is 21.7 Å². The molecule has 7 heteroatoms. The van der Waals surface area contributed by atoms with Gasteiger partial charge in [0.2, 0.25) is 5.91 Å². The number of carbonyl (C=O) groups is 2. The van der Waals surface area contributed by atoms with Crippen LogP contribution in [0.2, 0.25) is 0 Å². The van der Waals surface area contributed by atoms with Crippen molar-refractivity contribution in [3.63, 3.8) is 0 Å². The fourth-order valence-electron chi connectivity index (χ4n) is 3.94. The predicted octanol–water partition coefficient (Wildman–Crippen LogP) is 5.51. The number of nitrogens with one attached hydrogen (secondary N) is 1. The highest BCUT2D eigenvalue weighted by atomic mass is 32.2. The van der Waals surface area contributed by atoms with E-state index in [0.29, 0.717) is 17.2 Å². The van der Waals surface area contributed by atoms with Gasteiger partial charge in [-0.05, 0) is 51.7 Å². The minimum absolute atomic E-state index is 0.0983. The molecular weight excluding hydrogens is 416 g/mol. The predicted molar refractivity (Wildman–Crippen MR) is 124 cm³/mol. The lowest BCUT2D eigenvalue weighted by Gasteiger charge is -2.12. The van der Waals surface area contributed by atoms with Crippen LogP contribution in [-0.2, 0) is 28.9 Å². The average Bonchev–Trinajstić information content (AvgIpc) is 3.41. The van der Waals surface area contributed by atoms with E-state index in [-0.39, 0.29) is 17.1 Å². The highest BCUT2D eigenvalue weighted by Crippen LogP contribution is 2.40. The highest BCUT2D eigenvalue weighted by Gasteiger charge is 2.29. The molecule has 0 bridgehead atoms. The number of thioether (sulfide) groups is 1. The smallest absolute Gasteiger partial charge is 0.341 e. The lowest BCUT2D eigenvalue weighted by Crippen LogP contribution is -2.23. The van der Waals surface area contributed by atoms with Gasteiger partial charge in [0.05, 0.1) is 17.4 Å². The van der Waals surface area contributed by atoms with E-state index in [1.807, 2.05) is 19.1 Å². The number of ether oxygens (including phenoxy) is 1. The van der Waals surface area contributed by atoms with Crippen LogP contribution in [0.15, 0.2) is 35.4 Å². The maximum atomic E-state index is 13.0. The number of para-hydroxylation sites is 1. The molecule has 0 unspecified atom stereocenters. The summed E-state index contributed by atoms with van der Waals surface area (Å²) in [4.78, 5) is 27.8. The summed E-state index contributed by atoms with van der Waals surface area (Å²) < 4.78 is 7.46. The number of hydrogen-bond acceptors (Lipinski definition) is 5. The molecule has 0 fully saturated rings. The zero-order valence-corrected chi connectivity index (χ0v) is 19.1. The number of nitrogens with zero attached hydrogens (tertiary/aromatic N) is 1. The first kappa shape index (κ1) is 21.0. The lowest BCUT2D eigenvalue weighted by molar-refractivity contribution is -0.115. The van der Waals surface area contributed by atoms with Crippen molar-refractivity contribution < 1.29 is 14.3 Å². The van der Waals surface area contributed by atoms with Crippen LogP contribution in [-0.4, -0.2) is 28.3 Å². The van der Waals surface area contributed by atoms with E-state index in [1.54, 1.807) is 18.7 Å². The minimum Gasteiger partial charge on any atom is -0.462 e. The van der Waals surface area contributed by atoms with Gasteiger partial charge < -0.3 is 14.6 Å². The second-order valence-corrected chi connectivity index (χ2v) is 9.82. The molecule has 5 nitrogen and oxygen atoms in total. The number of amides is 1. The molecule has 0 aliphatic heterocycles. The van der Waals surface area contributed by atoms with Crippen LogP contribution in [0.5, 0.6) is 0 Å². The van der Waals surface area contributed by atoms with E-state index in [9.17, 15) is 9.59 Å². The molecule has 1 atom stereocenters. The second-order valence-electron chi connectivity index (χ2n) is 7.33. The van der Waals surface area contributed by atoms with Gasteiger partial charge in [0, 0.05) is 33.4 Å². The Hall–Kier alpha value is -2.25. The number of esters is 1. The summed E-state index contributed by atoms with van der Waals surface area (Å²) >= 11 is 3.07. The maximum Gasteiger partial charge on any atom is 0.341 e. The number of carbonyl (C=O) groups excluding carboxylic acids is 2. The number of rotatable bonds is 7. The summed E-state index contributed by atoms with van der Waals surface area (Å²) in [5.41, 5.74) is 2.79. The molecule has 0 saturated carbocycles. The van der Waals surface area contributed by atoms with Crippen LogP contribution in [0.1, 0.15) is 48.0 Å². The molecule has 4 rings (SSSR count). The van der Waals surface area contributed by atoms with E-state index < -0.39 is 0 Å². The van der Waals surface area contributed by atoms with Gasteiger partial charge >= 0.3 is 5.97 Å². The standard InChI is InChI=1S/C23H26N2O3S2/c1-4-25-13-19(15-9-6-7-11-17(15)25)29-14(3)21(26)24-22-20(23(27)28-5-2)16-10-8-12-18(16)30-22/h6-7,9,11,13-14H,4-5,8,10,12H2,1-3H3,(H,24,26)/t14-/m1/s1. The van der Waals surface area contributed by atoms with Gasteiger partial charge in [-0.1, -0.05) is 18.2 Å². The number of hydrogen-bond donors (Lipinski definition) is 1. The Labute approximate surface area is 184 Å². The monoisotopic (exact) mass is 442 g/mol. The van der Waals surface area contributed by atoms with Crippen molar-refractivity contribution in [2.75, 3.05) is 11.9 Å². The molecular formula is C23H26N2O3S2. The molecule has 158 valence electrons. The Kier molecular flexibility index (Phi) is 6.20. The second kappa shape index (κ2) is 8.86. The Balaban J connectivity index is 1.55. The molecule has 1 amide bonds. The molecule has 1 N–H and O–H groups in total. The van der Waals surface area contributed by atoms with Crippen LogP contribution in [0.25, 0.3) is 10.9 Å². The van der Waals surface area contributed by atoms with E-state index in [4.69, 9.17) is 4.74 Å². The molecule has 3 aromatic rings. The number of anilines is 1. The van der Waals surface area contributed by atoms with Gasteiger partial charge in [0.25, 0.3) is 0 Å². The zero-order valence-electron chi connectivity index (χ0n) is 17.5. The van der Waals surface area contributed by atoms with Crippen molar-refractivity contribution in [3.8, 4) is 0 Å². The van der Waals surface area contributed by atoms with Gasteiger partial charge in [0.1, 0.15) is 5.00 Å². The Morgan fingerprint density at radius 1 is 1.27 bits per heavy atom. The molecule has 1 aromatic carbocycles. The van der Waals surface area contributed by atoms with Crippen molar-refractivity contribution in [3.05, 3.63) is 46.5 Å². The topological polar surface area (TPSA) is 60.3 Å². The maximum absolute atomic E-state index is 13.0. The number of aromatic nitrogens is 1. The lowest BCUT2D eigenvalue weighted by atomic mass is 10.1. The van der Waals surface area contributed by atoms with Crippen LogP contribution in [0, 0.1) is 0 Å². The number of aryl methyl sites for hydroxylation is 2. The van der Waals surface area contributed by atoms with Crippen LogP contribution < -0.4 is 5.32 Å². The Bertz CT molecular complexity index is 1100. The summed E-state index contributed by atoms with van der Waals surface area (Å²) in [6, 6.07) is 8.26. The summed E-state index contributed by atoms with van der Waals surface area (Å²) in [6.07, 6.45) is 5.00. The minimum atomic E-state index is -0.335. The Morgan fingerprint density at radius 3 is 2.83 bits per heavy atom. The highest BCUT2D eigenvalue weighted by molar-refractivity contribution is 8.00. The van der Waals surface area contributed by atoms with Gasteiger partial charge in [-0.3, -0.25) is 4.79 Å². The molecule has 30 heavy (non-hydrogen) atoms. The quantitative estimate of drug-likeness (QED) is 0.387. The summed E-state index contributed by atoms with van der Waals surface area (Å²) in [6.45, 7) is 7.03. The first-order chi connectivity index (χ1) is 14.5. The number of benzene rings is 1. The van der Waals surface area contributed by atoms with Crippen LogP contribution in [0.4, 0.5) is 5.00 Å². The van der Waals surface area contributed by atoms with Gasteiger partial charge in [-0.15, -0.1) is 23.1 Å². The molecule has 0 saturated heterocycles. The average molecular weight is 443 g/mol. The van der Waals surface area contributed by atoms with Crippen LogP contribution in [0.3, 0.4) is 0 Å². The first-order valence-electron chi connectivity index (χ1n) is 10.4. The third kappa shape index (κ3) is 3.88. The van der Waals surface area contributed by atoms with Crippen molar-refractivity contribution in [2.45, 2.75) is 56.7 Å². The molecule has 0 radical (unpaired) electrons. The summed E-state index contributed by atoms with van der Waals surface area (Å²) in [5, 5.41) is 4.51. The largest absolute Gasteiger partial charge is 0.462 e. The fraction of sp³-hybridized carbons (Fsp3) is 0.391. The van der Waals surface area contributed by atoms with E-state index >= 15 is 0 Å². The third-order valence-corrected chi connectivity index (χ3v) is 7.76. The fourth-order valence-corrected chi connectivity index (χ4v) is 6.25. The van der Waals surface area contributed by atoms with Crippen molar-refractivity contribution >= 4 is 50.9 Å². The molecule has 2 aromatic heterocycles. The van der Waals surface area contributed by atoms with Gasteiger partial charge in [0.15, 0.2) is 0 Å². The van der Waals surface area contributed by atoms with Crippen molar-refractivity contribution in [1.29, 1.82) is 0 Å². The normalized spacial score (nSPS) is 14.0. The number of fused-ring (bicyclic) bond motifs is 2. The number of thiophene rings is 1. The first-order valence-corrected chi connectivity index (χ1v) is 12.1. The molecule has 2 heterocycles. The zero-order chi connectivity index (χ0) is 21.3. The molecule has 1 aliphatic rings. The summed E-state index contributed by atoms with van der Waals surface area (Å²) in [5.74, 6) is -0.433. The Morgan fingerprint density at radius 2 is 2.07 bits per heavy atom.